The first-order valence-corrected chi connectivity index (χ1v) is 10.3. The fourth-order valence-electron chi connectivity index (χ4n) is 3.90. The van der Waals surface area contributed by atoms with Crippen LogP contribution in [0.5, 0.6) is 5.75 Å². The molecule has 2 aromatic rings. The first-order chi connectivity index (χ1) is 14.6. The summed E-state index contributed by atoms with van der Waals surface area (Å²) in [6.45, 7) is 4.71. The summed E-state index contributed by atoms with van der Waals surface area (Å²) in [4.78, 5) is 30.3. The minimum atomic E-state index is -0.296. The number of likely N-dealkylation sites (tertiary alicyclic amines) is 1. The van der Waals surface area contributed by atoms with E-state index in [0.717, 1.165) is 39.0 Å². The molecule has 1 aromatic carbocycles. The molecular formula is C22H26FN3O4. The van der Waals surface area contributed by atoms with Crippen molar-refractivity contribution in [2.24, 2.45) is 0 Å². The molecule has 4 rings (SSSR count). The molecule has 160 valence electrons. The van der Waals surface area contributed by atoms with Gasteiger partial charge in [0.25, 0.3) is 5.91 Å². The smallest absolute Gasteiger partial charge is 0.260 e. The predicted octanol–water partition coefficient (Wildman–Crippen LogP) is 2.10. The Morgan fingerprint density at radius 1 is 1.07 bits per heavy atom. The van der Waals surface area contributed by atoms with Crippen LogP contribution in [0.15, 0.2) is 45.8 Å². The summed E-state index contributed by atoms with van der Waals surface area (Å²) < 4.78 is 24.9. The van der Waals surface area contributed by atoms with E-state index in [2.05, 4.69) is 4.90 Å². The lowest BCUT2D eigenvalue weighted by molar-refractivity contribution is -0.132. The van der Waals surface area contributed by atoms with Crippen LogP contribution in [0.2, 0.25) is 0 Å². The van der Waals surface area contributed by atoms with Gasteiger partial charge in [-0.15, -0.1) is 0 Å². The SMILES string of the molecule is O=C(COc1coc(CN2CCN(c3ccccc3F)CC2)cc1=O)N1CCCC1. The summed E-state index contributed by atoms with van der Waals surface area (Å²) in [7, 11) is 0. The summed E-state index contributed by atoms with van der Waals surface area (Å²) in [5, 5.41) is 0. The van der Waals surface area contributed by atoms with Crippen LogP contribution in [-0.2, 0) is 11.3 Å². The molecule has 0 unspecified atom stereocenters. The second-order valence-electron chi connectivity index (χ2n) is 7.67. The summed E-state index contributed by atoms with van der Waals surface area (Å²) in [5.41, 5.74) is 0.323. The summed E-state index contributed by atoms with van der Waals surface area (Å²) >= 11 is 0. The third-order valence-corrected chi connectivity index (χ3v) is 5.61. The van der Waals surface area contributed by atoms with Gasteiger partial charge >= 0.3 is 0 Å². The molecule has 0 saturated carbocycles. The average Bonchev–Trinajstić information content (AvgIpc) is 3.29. The van der Waals surface area contributed by atoms with E-state index < -0.39 is 0 Å². The molecule has 0 radical (unpaired) electrons. The highest BCUT2D eigenvalue weighted by Gasteiger charge is 2.21. The zero-order valence-electron chi connectivity index (χ0n) is 16.9. The highest BCUT2D eigenvalue weighted by molar-refractivity contribution is 5.78. The van der Waals surface area contributed by atoms with E-state index in [9.17, 15) is 14.0 Å². The maximum Gasteiger partial charge on any atom is 0.260 e. The molecule has 2 fully saturated rings. The highest BCUT2D eigenvalue weighted by atomic mass is 19.1. The Kier molecular flexibility index (Phi) is 6.32. The number of amides is 1. The van der Waals surface area contributed by atoms with Crippen LogP contribution < -0.4 is 15.1 Å². The third-order valence-electron chi connectivity index (χ3n) is 5.61. The number of carbonyl (C=O) groups excluding carboxylic acids is 1. The van der Waals surface area contributed by atoms with Crippen LogP contribution in [-0.4, -0.2) is 61.6 Å². The van der Waals surface area contributed by atoms with E-state index in [4.69, 9.17) is 9.15 Å². The second kappa shape index (κ2) is 9.30. The van der Waals surface area contributed by atoms with Crippen LogP contribution in [0, 0.1) is 5.82 Å². The van der Waals surface area contributed by atoms with Crippen molar-refractivity contribution in [1.29, 1.82) is 0 Å². The third kappa shape index (κ3) is 4.81. The van der Waals surface area contributed by atoms with Gasteiger partial charge in [-0.2, -0.15) is 0 Å². The Morgan fingerprint density at radius 2 is 1.80 bits per heavy atom. The van der Waals surface area contributed by atoms with E-state index >= 15 is 0 Å². The molecule has 2 aliphatic rings. The molecule has 30 heavy (non-hydrogen) atoms. The van der Waals surface area contributed by atoms with E-state index in [0.29, 0.717) is 31.1 Å². The number of hydrogen-bond acceptors (Lipinski definition) is 6. The lowest BCUT2D eigenvalue weighted by atomic mass is 10.2. The Balaban J connectivity index is 1.28. The fourth-order valence-corrected chi connectivity index (χ4v) is 3.90. The lowest BCUT2D eigenvalue weighted by Gasteiger charge is -2.35. The fraction of sp³-hybridized carbons (Fsp3) is 0.455. The molecule has 8 heteroatoms. The molecule has 3 heterocycles. The topological polar surface area (TPSA) is 66.2 Å². The van der Waals surface area contributed by atoms with Crippen molar-refractivity contribution in [3.63, 3.8) is 0 Å². The Morgan fingerprint density at radius 3 is 2.50 bits per heavy atom. The van der Waals surface area contributed by atoms with Crippen molar-refractivity contribution in [1.82, 2.24) is 9.80 Å². The monoisotopic (exact) mass is 415 g/mol. The number of nitrogens with zero attached hydrogens (tertiary/aromatic N) is 3. The van der Waals surface area contributed by atoms with Crippen molar-refractivity contribution in [3.05, 3.63) is 58.4 Å². The number of anilines is 1. The van der Waals surface area contributed by atoms with Gasteiger partial charge in [-0.25, -0.2) is 4.39 Å². The van der Waals surface area contributed by atoms with E-state index in [-0.39, 0.29) is 29.5 Å². The molecule has 0 bridgehead atoms. The Labute approximate surface area is 174 Å². The van der Waals surface area contributed by atoms with E-state index in [1.54, 1.807) is 17.0 Å². The van der Waals surface area contributed by atoms with Gasteiger partial charge in [0.2, 0.25) is 11.2 Å². The van der Waals surface area contributed by atoms with Crippen LogP contribution in [0.4, 0.5) is 10.1 Å². The van der Waals surface area contributed by atoms with Crippen molar-refractivity contribution >= 4 is 11.6 Å². The molecule has 2 aliphatic heterocycles. The van der Waals surface area contributed by atoms with Gasteiger partial charge in [-0.3, -0.25) is 14.5 Å². The Bertz CT molecular complexity index is 934. The number of halogens is 1. The number of piperazine rings is 1. The van der Waals surface area contributed by atoms with Gasteiger partial charge in [0.1, 0.15) is 17.8 Å². The highest BCUT2D eigenvalue weighted by Crippen LogP contribution is 2.21. The number of ether oxygens (including phenoxy) is 1. The quantitative estimate of drug-likeness (QED) is 0.720. The van der Waals surface area contributed by atoms with Gasteiger partial charge in [-0.1, -0.05) is 12.1 Å². The van der Waals surface area contributed by atoms with Crippen LogP contribution in [0.25, 0.3) is 0 Å². The van der Waals surface area contributed by atoms with E-state index in [1.807, 2.05) is 11.0 Å². The standard InChI is InChI=1S/C22H26FN3O4/c23-18-5-1-2-6-19(18)25-11-9-24(10-12-25)14-17-13-20(27)21(15-29-17)30-16-22(28)26-7-3-4-8-26/h1-2,5-6,13,15H,3-4,7-12,14,16H2. The largest absolute Gasteiger partial charge is 0.477 e. The van der Waals surface area contributed by atoms with Crippen LogP contribution >= 0.6 is 0 Å². The zero-order chi connectivity index (χ0) is 20.9. The molecule has 1 amide bonds. The minimum absolute atomic E-state index is 0.0515. The predicted molar refractivity (Wildman–Crippen MR) is 110 cm³/mol. The molecule has 1 aromatic heterocycles. The zero-order valence-corrected chi connectivity index (χ0v) is 16.9. The first kappa shape index (κ1) is 20.4. The Hall–Kier alpha value is -2.87. The van der Waals surface area contributed by atoms with Crippen LogP contribution in [0.1, 0.15) is 18.6 Å². The molecule has 7 nitrogen and oxygen atoms in total. The van der Waals surface area contributed by atoms with Gasteiger partial charge in [0.15, 0.2) is 6.61 Å². The number of para-hydroxylation sites is 1. The molecule has 2 saturated heterocycles. The molecule has 0 N–H and O–H groups in total. The molecular weight excluding hydrogens is 389 g/mol. The minimum Gasteiger partial charge on any atom is -0.477 e. The molecule has 0 atom stereocenters. The van der Waals surface area contributed by atoms with Gasteiger partial charge in [-0.05, 0) is 25.0 Å². The first-order valence-electron chi connectivity index (χ1n) is 10.3. The maximum absolute atomic E-state index is 14.0. The van der Waals surface area contributed by atoms with Crippen molar-refractivity contribution < 1.29 is 18.3 Å². The average molecular weight is 415 g/mol. The maximum atomic E-state index is 14.0. The van der Waals surface area contributed by atoms with Crippen molar-refractivity contribution in [2.75, 3.05) is 50.8 Å². The molecule has 0 aliphatic carbocycles. The number of hydrogen-bond donors (Lipinski definition) is 0. The van der Waals surface area contributed by atoms with Gasteiger partial charge < -0.3 is 19.0 Å². The lowest BCUT2D eigenvalue weighted by Crippen LogP contribution is -2.46. The number of rotatable bonds is 6. The van der Waals surface area contributed by atoms with Crippen molar-refractivity contribution in [3.8, 4) is 5.75 Å². The summed E-state index contributed by atoms with van der Waals surface area (Å²) in [5.74, 6) is 0.271. The van der Waals surface area contributed by atoms with Gasteiger partial charge in [0, 0.05) is 45.3 Å². The second-order valence-corrected chi connectivity index (χ2v) is 7.67. The number of benzene rings is 1. The van der Waals surface area contributed by atoms with Gasteiger partial charge in [0.05, 0.1) is 12.2 Å². The number of carbonyl (C=O) groups is 1. The van der Waals surface area contributed by atoms with Crippen LogP contribution in [0.3, 0.4) is 0 Å². The summed E-state index contributed by atoms with van der Waals surface area (Å²) in [6, 6.07) is 8.20. The summed E-state index contributed by atoms with van der Waals surface area (Å²) in [6.07, 6.45) is 3.30. The van der Waals surface area contributed by atoms with E-state index in [1.165, 1.54) is 18.4 Å². The normalized spacial score (nSPS) is 17.4. The molecule has 0 spiro atoms. The van der Waals surface area contributed by atoms with Crippen molar-refractivity contribution in [2.45, 2.75) is 19.4 Å².